The third kappa shape index (κ3) is 3.65. The third-order valence-corrected chi connectivity index (χ3v) is 4.92. The number of carbonyl (C=O) groups excluding carboxylic acids is 2. The molecule has 0 unspecified atom stereocenters. The van der Waals surface area contributed by atoms with Gasteiger partial charge in [0.1, 0.15) is 5.82 Å². The Morgan fingerprint density at radius 1 is 1.07 bits per heavy atom. The molecule has 3 aromatic rings. The molecule has 0 spiro atoms. The van der Waals surface area contributed by atoms with Crippen LogP contribution in [0, 0.1) is 0 Å². The summed E-state index contributed by atoms with van der Waals surface area (Å²) < 4.78 is 41.0. The Kier molecular flexibility index (Phi) is 4.70. The van der Waals surface area contributed by atoms with Crippen LogP contribution in [0.3, 0.4) is 0 Å². The van der Waals surface area contributed by atoms with Crippen LogP contribution >= 0.6 is 0 Å². The predicted octanol–water partition coefficient (Wildman–Crippen LogP) is 4.33. The second-order valence-electron chi connectivity index (χ2n) is 6.74. The molecule has 5 nitrogen and oxygen atoms in total. The summed E-state index contributed by atoms with van der Waals surface area (Å²) in [5, 5.41) is 6.75. The summed E-state index contributed by atoms with van der Waals surface area (Å²) in [5.74, 6) is -0.153. The molecule has 0 fully saturated rings. The van der Waals surface area contributed by atoms with Crippen molar-refractivity contribution in [1.82, 2.24) is 9.78 Å². The number of fused-ring (bicyclic) bond motifs is 1. The molecule has 1 aliphatic carbocycles. The van der Waals surface area contributed by atoms with Gasteiger partial charge < -0.3 is 5.32 Å². The van der Waals surface area contributed by atoms with E-state index in [-0.39, 0.29) is 23.7 Å². The van der Waals surface area contributed by atoms with Crippen LogP contribution in [0.25, 0.3) is 0 Å². The van der Waals surface area contributed by atoms with Gasteiger partial charge in [0.05, 0.1) is 18.3 Å². The summed E-state index contributed by atoms with van der Waals surface area (Å²) in [6.07, 6.45) is -2.21. The van der Waals surface area contributed by atoms with E-state index in [1.54, 1.807) is 18.2 Å². The first-order valence-electron chi connectivity index (χ1n) is 8.98. The van der Waals surface area contributed by atoms with Crippen molar-refractivity contribution in [2.45, 2.75) is 25.6 Å². The van der Waals surface area contributed by atoms with Crippen molar-refractivity contribution in [2.75, 3.05) is 5.32 Å². The van der Waals surface area contributed by atoms with Crippen molar-refractivity contribution < 1.29 is 22.8 Å². The number of benzene rings is 2. The van der Waals surface area contributed by atoms with Gasteiger partial charge in [-0.1, -0.05) is 30.3 Å². The fourth-order valence-corrected chi connectivity index (χ4v) is 3.55. The minimum absolute atomic E-state index is 0.00319. The van der Waals surface area contributed by atoms with Gasteiger partial charge in [-0.05, 0) is 29.7 Å². The van der Waals surface area contributed by atoms with Crippen LogP contribution in [0.2, 0.25) is 0 Å². The molecule has 1 N–H and O–H groups in total. The number of alkyl halides is 3. The Balaban J connectivity index is 1.59. The highest BCUT2D eigenvalue weighted by Crippen LogP contribution is 2.32. The number of amides is 1. The van der Waals surface area contributed by atoms with Crippen molar-refractivity contribution in [1.29, 1.82) is 0 Å². The van der Waals surface area contributed by atoms with E-state index >= 15 is 0 Å². The first kappa shape index (κ1) is 18.9. The van der Waals surface area contributed by atoms with E-state index in [9.17, 15) is 22.8 Å². The lowest BCUT2D eigenvalue weighted by molar-refractivity contribution is -0.138. The smallest absolute Gasteiger partial charge is 0.307 e. The van der Waals surface area contributed by atoms with Crippen LogP contribution in [0.15, 0.2) is 54.7 Å². The van der Waals surface area contributed by atoms with E-state index in [0.29, 0.717) is 29.5 Å². The van der Waals surface area contributed by atoms with Gasteiger partial charge in [0.2, 0.25) is 0 Å². The highest BCUT2D eigenvalue weighted by atomic mass is 19.4. The second kappa shape index (κ2) is 7.20. The van der Waals surface area contributed by atoms with Crippen LogP contribution in [0.4, 0.5) is 19.0 Å². The summed E-state index contributed by atoms with van der Waals surface area (Å²) in [7, 11) is 0. The largest absolute Gasteiger partial charge is 0.416 e. The molecule has 0 saturated heterocycles. The SMILES string of the molecule is O=C1CCc2c1cccc2C(=O)Nc1ccnn1Cc1ccccc1C(F)(F)F. The molecule has 29 heavy (non-hydrogen) atoms. The molecule has 0 radical (unpaired) electrons. The molecule has 148 valence electrons. The molecule has 0 saturated carbocycles. The average molecular weight is 399 g/mol. The number of ketones is 1. The number of rotatable bonds is 4. The number of aromatic nitrogens is 2. The molecule has 0 aliphatic heterocycles. The number of nitrogens with zero attached hydrogens (tertiary/aromatic N) is 2. The van der Waals surface area contributed by atoms with Gasteiger partial charge >= 0.3 is 6.18 Å². The lowest BCUT2D eigenvalue weighted by Crippen LogP contribution is -2.19. The second-order valence-corrected chi connectivity index (χ2v) is 6.74. The van der Waals surface area contributed by atoms with E-state index in [0.717, 1.165) is 6.07 Å². The van der Waals surface area contributed by atoms with Crippen LogP contribution in [-0.4, -0.2) is 21.5 Å². The van der Waals surface area contributed by atoms with Gasteiger partial charge in [0.25, 0.3) is 5.91 Å². The lowest BCUT2D eigenvalue weighted by Gasteiger charge is -2.15. The molecule has 1 aliphatic rings. The van der Waals surface area contributed by atoms with Crippen molar-refractivity contribution >= 4 is 17.5 Å². The Labute approximate surface area is 164 Å². The molecule has 0 bridgehead atoms. The van der Waals surface area contributed by atoms with Crippen molar-refractivity contribution in [3.8, 4) is 0 Å². The first-order valence-corrected chi connectivity index (χ1v) is 8.98. The highest BCUT2D eigenvalue weighted by molar-refractivity contribution is 6.09. The summed E-state index contributed by atoms with van der Waals surface area (Å²) in [4.78, 5) is 24.7. The van der Waals surface area contributed by atoms with Crippen molar-refractivity contribution in [2.24, 2.45) is 0 Å². The van der Waals surface area contributed by atoms with Gasteiger partial charge in [-0.3, -0.25) is 9.59 Å². The zero-order valence-electron chi connectivity index (χ0n) is 15.2. The quantitative estimate of drug-likeness (QED) is 0.710. The molecular formula is C21H16F3N3O2. The van der Waals surface area contributed by atoms with Gasteiger partial charge in [-0.25, -0.2) is 4.68 Å². The maximum Gasteiger partial charge on any atom is 0.416 e. The lowest BCUT2D eigenvalue weighted by atomic mass is 10.0. The van der Waals surface area contributed by atoms with E-state index in [4.69, 9.17) is 0 Å². The fraction of sp³-hybridized carbons (Fsp3) is 0.190. The summed E-state index contributed by atoms with van der Waals surface area (Å²) >= 11 is 0. The number of halogens is 3. The summed E-state index contributed by atoms with van der Waals surface area (Å²) in [5.41, 5.74) is 0.933. The molecule has 0 atom stereocenters. The molecule has 1 amide bonds. The number of hydrogen-bond donors (Lipinski definition) is 1. The molecular weight excluding hydrogens is 383 g/mol. The Bertz CT molecular complexity index is 1100. The number of carbonyl (C=O) groups is 2. The average Bonchev–Trinajstić information content (AvgIpc) is 3.28. The molecule has 8 heteroatoms. The van der Waals surface area contributed by atoms with Gasteiger partial charge in [-0.15, -0.1) is 0 Å². The molecule has 1 heterocycles. The normalized spacial score (nSPS) is 13.4. The summed E-state index contributed by atoms with van der Waals surface area (Å²) in [6, 6.07) is 11.7. The van der Waals surface area contributed by atoms with E-state index < -0.39 is 17.6 Å². The third-order valence-electron chi connectivity index (χ3n) is 4.92. The van der Waals surface area contributed by atoms with E-state index in [2.05, 4.69) is 10.4 Å². The number of anilines is 1. The predicted molar refractivity (Wildman–Crippen MR) is 99.8 cm³/mol. The van der Waals surface area contributed by atoms with E-state index in [1.807, 2.05) is 0 Å². The zero-order valence-corrected chi connectivity index (χ0v) is 15.2. The zero-order chi connectivity index (χ0) is 20.6. The molecule has 4 rings (SSSR count). The minimum atomic E-state index is -4.48. The fourth-order valence-electron chi connectivity index (χ4n) is 3.55. The van der Waals surface area contributed by atoms with E-state index in [1.165, 1.54) is 35.1 Å². The maximum atomic E-state index is 13.2. The van der Waals surface area contributed by atoms with Gasteiger partial charge in [0.15, 0.2) is 5.78 Å². The Morgan fingerprint density at radius 3 is 2.66 bits per heavy atom. The summed E-state index contributed by atoms with van der Waals surface area (Å²) in [6.45, 7) is -0.149. The topological polar surface area (TPSA) is 64.0 Å². The number of hydrogen-bond acceptors (Lipinski definition) is 3. The number of Topliss-reactive ketones (excluding diaryl/α,β-unsaturated/α-hetero) is 1. The Morgan fingerprint density at radius 2 is 1.86 bits per heavy atom. The van der Waals surface area contributed by atoms with Crippen LogP contribution in [0.5, 0.6) is 0 Å². The van der Waals surface area contributed by atoms with Crippen LogP contribution < -0.4 is 5.32 Å². The molecule has 1 aromatic heterocycles. The first-order chi connectivity index (χ1) is 13.8. The monoisotopic (exact) mass is 399 g/mol. The standard InChI is InChI=1S/C21H16F3N3O2/c22-21(23,24)17-7-2-1-4-13(17)12-27-19(10-11-25-27)26-20(29)16-6-3-5-15-14(16)8-9-18(15)28/h1-7,10-11H,8-9,12H2,(H,26,29). The Hall–Kier alpha value is -3.42. The maximum absolute atomic E-state index is 13.2. The highest BCUT2D eigenvalue weighted by Gasteiger charge is 2.33. The van der Waals surface area contributed by atoms with Gasteiger partial charge in [-0.2, -0.15) is 18.3 Å². The van der Waals surface area contributed by atoms with Crippen LogP contribution in [-0.2, 0) is 19.1 Å². The molecule has 2 aromatic carbocycles. The van der Waals surface area contributed by atoms with Gasteiger partial charge in [0, 0.05) is 23.6 Å². The van der Waals surface area contributed by atoms with Crippen molar-refractivity contribution in [3.63, 3.8) is 0 Å². The minimum Gasteiger partial charge on any atom is -0.307 e. The van der Waals surface area contributed by atoms with Crippen molar-refractivity contribution in [3.05, 3.63) is 82.5 Å². The number of nitrogens with one attached hydrogen (secondary N) is 1. The van der Waals surface area contributed by atoms with Crippen LogP contribution in [0.1, 0.15) is 43.8 Å².